The van der Waals surface area contributed by atoms with E-state index in [4.69, 9.17) is 24.7 Å². The van der Waals surface area contributed by atoms with Gasteiger partial charge >= 0.3 is 0 Å². The lowest BCUT2D eigenvalue weighted by atomic mass is 10.2. The van der Waals surface area contributed by atoms with Crippen LogP contribution in [0.2, 0.25) is 0 Å². The predicted octanol–water partition coefficient (Wildman–Crippen LogP) is 1.59. The molecule has 0 aromatic heterocycles. The van der Waals surface area contributed by atoms with Crippen LogP contribution in [-0.2, 0) is 20.8 Å². The molecule has 1 aromatic rings. The maximum atomic E-state index is 5.54. The van der Waals surface area contributed by atoms with Crippen molar-refractivity contribution >= 4 is 0 Å². The summed E-state index contributed by atoms with van der Waals surface area (Å²) in [7, 11) is 1.69. The van der Waals surface area contributed by atoms with Crippen LogP contribution >= 0.6 is 0 Å². The Morgan fingerprint density at radius 3 is 2.15 bits per heavy atom. The molecule has 0 aliphatic carbocycles. The van der Waals surface area contributed by atoms with Crippen molar-refractivity contribution in [2.24, 2.45) is 5.73 Å². The van der Waals surface area contributed by atoms with Crippen molar-refractivity contribution in [2.75, 3.05) is 46.8 Å². The molecule has 114 valence electrons. The first kappa shape index (κ1) is 16.9. The highest BCUT2D eigenvalue weighted by Gasteiger charge is 1.95. The van der Waals surface area contributed by atoms with E-state index in [1.54, 1.807) is 7.11 Å². The molecule has 1 aromatic carbocycles. The molecule has 0 bridgehead atoms. The molecule has 5 heteroatoms. The number of methoxy groups -OCH3 is 1. The van der Waals surface area contributed by atoms with Crippen LogP contribution < -0.4 is 10.5 Å². The number of ether oxygens (including phenoxy) is 4. The summed E-state index contributed by atoms with van der Waals surface area (Å²) in [6.45, 7) is 4.27. The lowest BCUT2D eigenvalue weighted by Gasteiger charge is -2.08. The van der Waals surface area contributed by atoms with Crippen LogP contribution in [0.5, 0.6) is 5.75 Å². The molecule has 20 heavy (non-hydrogen) atoms. The van der Waals surface area contributed by atoms with Crippen molar-refractivity contribution in [3.8, 4) is 5.75 Å². The Hall–Kier alpha value is -1.14. The summed E-state index contributed by atoms with van der Waals surface area (Å²) in [5, 5.41) is 0. The van der Waals surface area contributed by atoms with Gasteiger partial charge in [0, 0.05) is 26.9 Å². The Morgan fingerprint density at radius 2 is 1.50 bits per heavy atom. The molecule has 0 unspecified atom stereocenters. The van der Waals surface area contributed by atoms with E-state index >= 15 is 0 Å². The van der Waals surface area contributed by atoms with Crippen LogP contribution in [0.1, 0.15) is 12.0 Å². The topological polar surface area (TPSA) is 62.9 Å². The maximum Gasteiger partial charge on any atom is 0.119 e. The zero-order chi connectivity index (χ0) is 14.5. The standard InChI is InChI=1S/C15H25NO4/c1-17-7-2-8-18-9-10-19-11-12-20-15-5-3-14(13-16)4-6-15/h3-6H,2,7-13,16H2,1H3. The van der Waals surface area contributed by atoms with E-state index in [2.05, 4.69) is 0 Å². The molecule has 1 rings (SSSR count). The maximum absolute atomic E-state index is 5.54. The average molecular weight is 283 g/mol. The zero-order valence-electron chi connectivity index (χ0n) is 12.2. The fourth-order valence-corrected chi connectivity index (χ4v) is 1.57. The minimum Gasteiger partial charge on any atom is -0.491 e. The third-order valence-corrected chi connectivity index (χ3v) is 2.66. The van der Waals surface area contributed by atoms with Gasteiger partial charge in [-0.2, -0.15) is 0 Å². The van der Waals surface area contributed by atoms with Crippen molar-refractivity contribution in [2.45, 2.75) is 13.0 Å². The smallest absolute Gasteiger partial charge is 0.119 e. The summed E-state index contributed by atoms with van der Waals surface area (Å²) in [5.74, 6) is 0.835. The van der Waals surface area contributed by atoms with Gasteiger partial charge in [0.1, 0.15) is 12.4 Å². The predicted molar refractivity (Wildman–Crippen MR) is 78.0 cm³/mol. The minimum atomic E-state index is 0.533. The van der Waals surface area contributed by atoms with Gasteiger partial charge in [-0.05, 0) is 24.1 Å². The molecule has 0 heterocycles. The molecular weight excluding hydrogens is 258 g/mol. The van der Waals surface area contributed by atoms with Gasteiger partial charge < -0.3 is 24.7 Å². The SMILES string of the molecule is COCCCOCCOCCOc1ccc(CN)cc1. The molecule has 0 atom stereocenters. The fraction of sp³-hybridized carbons (Fsp3) is 0.600. The molecule has 0 radical (unpaired) electrons. The largest absolute Gasteiger partial charge is 0.491 e. The second kappa shape index (κ2) is 11.7. The lowest BCUT2D eigenvalue weighted by molar-refractivity contribution is 0.0304. The van der Waals surface area contributed by atoms with Gasteiger partial charge in [-0.25, -0.2) is 0 Å². The number of rotatable bonds is 12. The second-order valence-corrected chi connectivity index (χ2v) is 4.27. The van der Waals surface area contributed by atoms with E-state index in [-0.39, 0.29) is 0 Å². The number of benzene rings is 1. The van der Waals surface area contributed by atoms with Crippen molar-refractivity contribution in [1.82, 2.24) is 0 Å². The first-order valence-corrected chi connectivity index (χ1v) is 6.93. The van der Waals surface area contributed by atoms with E-state index < -0.39 is 0 Å². The summed E-state index contributed by atoms with van der Waals surface area (Å²) in [6, 6.07) is 7.76. The summed E-state index contributed by atoms with van der Waals surface area (Å²) in [5.41, 5.74) is 6.62. The van der Waals surface area contributed by atoms with Crippen LogP contribution in [0.15, 0.2) is 24.3 Å². The molecule has 5 nitrogen and oxygen atoms in total. The van der Waals surface area contributed by atoms with Gasteiger partial charge in [0.15, 0.2) is 0 Å². The molecule has 2 N–H and O–H groups in total. The molecule has 0 aliphatic rings. The quantitative estimate of drug-likeness (QED) is 0.590. The normalized spacial score (nSPS) is 10.7. The monoisotopic (exact) mass is 283 g/mol. The Bertz CT molecular complexity index is 329. The van der Waals surface area contributed by atoms with Gasteiger partial charge in [0.2, 0.25) is 0 Å². The van der Waals surface area contributed by atoms with Gasteiger partial charge in [0.05, 0.1) is 19.8 Å². The van der Waals surface area contributed by atoms with Gasteiger partial charge in [-0.15, -0.1) is 0 Å². The molecular formula is C15H25NO4. The van der Waals surface area contributed by atoms with E-state index in [1.807, 2.05) is 24.3 Å². The summed E-state index contributed by atoms with van der Waals surface area (Å²) < 4.78 is 21.2. The van der Waals surface area contributed by atoms with E-state index in [1.165, 1.54) is 0 Å². The van der Waals surface area contributed by atoms with Crippen molar-refractivity contribution in [1.29, 1.82) is 0 Å². The highest BCUT2D eigenvalue weighted by atomic mass is 16.5. The first-order valence-electron chi connectivity index (χ1n) is 6.93. The average Bonchev–Trinajstić information content (AvgIpc) is 2.50. The van der Waals surface area contributed by atoms with E-state index in [0.717, 1.165) is 24.3 Å². The Balaban J connectivity index is 1.91. The van der Waals surface area contributed by atoms with Crippen molar-refractivity contribution < 1.29 is 18.9 Å². The molecule has 0 aliphatic heterocycles. The van der Waals surface area contributed by atoms with Crippen LogP contribution in [0, 0.1) is 0 Å². The highest BCUT2D eigenvalue weighted by molar-refractivity contribution is 5.26. The van der Waals surface area contributed by atoms with Crippen molar-refractivity contribution in [3.05, 3.63) is 29.8 Å². The van der Waals surface area contributed by atoms with Crippen LogP contribution in [0.4, 0.5) is 0 Å². The lowest BCUT2D eigenvalue weighted by Crippen LogP contribution is -2.11. The van der Waals surface area contributed by atoms with Gasteiger partial charge in [-0.3, -0.25) is 0 Å². The Morgan fingerprint density at radius 1 is 0.850 bits per heavy atom. The first-order chi connectivity index (χ1) is 9.86. The van der Waals surface area contributed by atoms with Gasteiger partial charge in [-0.1, -0.05) is 12.1 Å². The number of hydrogen-bond acceptors (Lipinski definition) is 5. The minimum absolute atomic E-state index is 0.533. The van der Waals surface area contributed by atoms with Crippen molar-refractivity contribution in [3.63, 3.8) is 0 Å². The van der Waals surface area contributed by atoms with E-state index in [9.17, 15) is 0 Å². The summed E-state index contributed by atoms with van der Waals surface area (Å²) >= 11 is 0. The summed E-state index contributed by atoms with van der Waals surface area (Å²) in [6.07, 6.45) is 0.915. The summed E-state index contributed by atoms with van der Waals surface area (Å²) in [4.78, 5) is 0. The molecule has 0 amide bonds. The zero-order valence-corrected chi connectivity index (χ0v) is 12.2. The molecule has 0 fully saturated rings. The number of nitrogens with two attached hydrogens (primary N) is 1. The van der Waals surface area contributed by atoms with Crippen LogP contribution in [0.25, 0.3) is 0 Å². The molecule has 0 saturated heterocycles. The third-order valence-electron chi connectivity index (χ3n) is 2.66. The highest BCUT2D eigenvalue weighted by Crippen LogP contribution is 2.11. The van der Waals surface area contributed by atoms with Crippen LogP contribution in [0.3, 0.4) is 0 Å². The second-order valence-electron chi connectivity index (χ2n) is 4.27. The van der Waals surface area contributed by atoms with Gasteiger partial charge in [0.25, 0.3) is 0 Å². The fourth-order valence-electron chi connectivity index (χ4n) is 1.57. The number of hydrogen-bond donors (Lipinski definition) is 1. The molecule has 0 saturated carbocycles. The Kier molecular flexibility index (Phi) is 9.87. The Labute approximate surface area is 121 Å². The van der Waals surface area contributed by atoms with Crippen LogP contribution in [-0.4, -0.2) is 46.8 Å². The van der Waals surface area contributed by atoms with E-state index in [0.29, 0.717) is 39.6 Å². The molecule has 0 spiro atoms. The third kappa shape index (κ3) is 8.12.